The number of carboxylic acid groups (broad SMARTS) is 1. The molecule has 1 N–H and O–H groups in total. The molecule has 1 heterocycles. The Labute approximate surface area is 117 Å². The molecular weight excluding hydrogens is 258 g/mol. The second-order valence-corrected chi connectivity index (χ2v) is 4.75. The molecule has 0 aromatic heterocycles. The van der Waals surface area contributed by atoms with Gasteiger partial charge in [-0.2, -0.15) is 0 Å². The van der Waals surface area contributed by atoms with E-state index in [1.807, 2.05) is 0 Å². The second kappa shape index (κ2) is 6.23. The van der Waals surface area contributed by atoms with Gasteiger partial charge in [0, 0.05) is 18.7 Å². The molecule has 0 spiro atoms. The summed E-state index contributed by atoms with van der Waals surface area (Å²) in [4.78, 5) is 24.6. The van der Waals surface area contributed by atoms with Gasteiger partial charge < -0.3 is 14.7 Å². The lowest BCUT2D eigenvalue weighted by Crippen LogP contribution is -2.36. The largest absolute Gasteiger partial charge is 0.482 e. The Morgan fingerprint density at radius 1 is 1.30 bits per heavy atom. The predicted molar refractivity (Wildman–Crippen MR) is 73.9 cm³/mol. The van der Waals surface area contributed by atoms with E-state index in [4.69, 9.17) is 9.84 Å². The number of ether oxygens (including phenoxy) is 1. The van der Waals surface area contributed by atoms with Crippen LogP contribution in [0, 0.1) is 0 Å². The van der Waals surface area contributed by atoms with Crippen molar-refractivity contribution in [2.24, 2.45) is 0 Å². The Hall–Kier alpha value is -2.30. The topological polar surface area (TPSA) is 66.8 Å². The molecule has 0 radical (unpaired) electrons. The molecule has 1 aliphatic rings. The first kappa shape index (κ1) is 14.1. The molecule has 1 aromatic rings. The number of carbonyl (C=O) groups is 2. The molecule has 0 bridgehead atoms. The van der Waals surface area contributed by atoms with E-state index < -0.39 is 12.6 Å². The highest BCUT2D eigenvalue weighted by Crippen LogP contribution is 2.19. The third-order valence-corrected chi connectivity index (χ3v) is 3.20. The van der Waals surface area contributed by atoms with E-state index in [1.54, 1.807) is 29.2 Å². The number of amides is 1. The number of rotatable bonds is 4. The van der Waals surface area contributed by atoms with E-state index in [0.29, 0.717) is 24.4 Å². The Morgan fingerprint density at radius 2 is 2.00 bits per heavy atom. The van der Waals surface area contributed by atoms with Crippen molar-refractivity contribution in [1.29, 1.82) is 0 Å². The minimum atomic E-state index is -1.05. The Bertz CT molecular complexity index is 528. The van der Waals surface area contributed by atoms with Gasteiger partial charge in [0.2, 0.25) is 0 Å². The number of hydrogen-bond acceptors (Lipinski definition) is 3. The maximum Gasteiger partial charge on any atom is 0.341 e. The lowest BCUT2D eigenvalue weighted by Gasteiger charge is -2.28. The molecule has 106 valence electrons. The maximum absolute atomic E-state index is 12.3. The molecule has 0 aliphatic carbocycles. The molecule has 20 heavy (non-hydrogen) atoms. The van der Waals surface area contributed by atoms with Gasteiger partial charge in [-0.05, 0) is 31.0 Å². The Morgan fingerprint density at radius 3 is 2.65 bits per heavy atom. The number of carboxylic acids is 1. The zero-order valence-corrected chi connectivity index (χ0v) is 11.2. The molecule has 1 fully saturated rings. The van der Waals surface area contributed by atoms with Crippen molar-refractivity contribution in [1.82, 2.24) is 4.90 Å². The average Bonchev–Trinajstić information content (AvgIpc) is 2.45. The van der Waals surface area contributed by atoms with E-state index in [1.165, 1.54) is 5.57 Å². The summed E-state index contributed by atoms with van der Waals surface area (Å²) in [5.41, 5.74) is 1.69. The van der Waals surface area contributed by atoms with Crippen LogP contribution < -0.4 is 4.74 Å². The van der Waals surface area contributed by atoms with Crippen molar-refractivity contribution >= 4 is 11.9 Å². The molecule has 0 saturated carbocycles. The first-order valence-electron chi connectivity index (χ1n) is 6.47. The minimum absolute atomic E-state index is 0.0572. The molecule has 5 nitrogen and oxygen atoms in total. The predicted octanol–water partition coefficient (Wildman–Crippen LogP) is 1.94. The van der Waals surface area contributed by atoms with E-state index in [-0.39, 0.29) is 5.91 Å². The minimum Gasteiger partial charge on any atom is -0.482 e. The fourth-order valence-corrected chi connectivity index (χ4v) is 2.07. The van der Waals surface area contributed by atoms with Crippen LogP contribution in [-0.2, 0) is 4.79 Å². The maximum atomic E-state index is 12.3. The Balaban J connectivity index is 2.04. The highest BCUT2D eigenvalue weighted by Gasteiger charge is 2.19. The quantitative estimate of drug-likeness (QED) is 0.853. The molecule has 0 unspecified atom stereocenters. The number of aliphatic carboxylic acids is 1. The van der Waals surface area contributed by atoms with Crippen molar-refractivity contribution < 1.29 is 19.4 Å². The molecule has 1 aliphatic heterocycles. The smallest absolute Gasteiger partial charge is 0.341 e. The summed E-state index contributed by atoms with van der Waals surface area (Å²) in [5, 5.41) is 8.57. The monoisotopic (exact) mass is 275 g/mol. The van der Waals surface area contributed by atoms with Gasteiger partial charge in [0.05, 0.1) is 0 Å². The standard InChI is InChI=1S/C15H17NO4/c1-11-5-7-16(8-6-11)15(19)12-3-2-4-13(9-12)20-10-14(17)18/h2-4,9H,1,5-8,10H2,(H,17,18). The van der Waals surface area contributed by atoms with Gasteiger partial charge in [-0.1, -0.05) is 18.2 Å². The Kier molecular flexibility index (Phi) is 4.40. The summed E-state index contributed by atoms with van der Waals surface area (Å²) < 4.78 is 5.08. The second-order valence-electron chi connectivity index (χ2n) is 4.75. The first-order valence-corrected chi connectivity index (χ1v) is 6.47. The van der Waals surface area contributed by atoms with Gasteiger partial charge in [0.1, 0.15) is 5.75 Å². The molecule has 0 atom stereocenters. The van der Waals surface area contributed by atoms with E-state index >= 15 is 0 Å². The summed E-state index contributed by atoms with van der Waals surface area (Å²) in [6.45, 7) is 4.86. The number of nitrogens with zero attached hydrogens (tertiary/aromatic N) is 1. The zero-order chi connectivity index (χ0) is 14.5. The fourth-order valence-electron chi connectivity index (χ4n) is 2.07. The van der Waals surface area contributed by atoms with Crippen molar-refractivity contribution in [3.8, 4) is 5.75 Å². The first-order chi connectivity index (χ1) is 9.56. The molecular formula is C15H17NO4. The van der Waals surface area contributed by atoms with Crippen LogP contribution in [-0.4, -0.2) is 41.6 Å². The number of likely N-dealkylation sites (tertiary alicyclic amines) is 1. The lowest BCUT2D eigenvalue weighted by atomic mass is 10.0. The molecule has 5 heteroatoms. The molecule has 1 aromatic carbocycles. The van der Waals surface area contributed by atoms with Gasteiger partial charge >= 0.3 is 5.97 Å². The lowest BCUT2D eigenvalue weighted by molar-refractivity contribution is -0.139. The van der Waals surface area contributed by atoms with Gasteiger partial charge in [0.15, 0.2) is 6.61 Å². The van der Waals surface area contributed by atoms with Crippen LogP contribution >= 0.6 is 0 Å². The number of benzene rings is 1. The van der Waals surface area contributed by atoms with E-state index in [0.717, 1.165) is 12.8 Å². The van der Waals surface area contributed by atoms with Crippen molar-refractivity contribution in [3.63, 3.8) is 0 Å². The van der Waals surface area contributed by atoms with Crippen LogP contribution in [0.2, 0.25) is 0 Å². The summed E-state index contributed by atoms with van der Waals surface area (Å²) >= 11 is 0. The summed E-state index contributed by atoms with van der Waals surface area (Å²) in [7, 11) is 0. The fraction of sp³-hybridized carbons (Fsp3) is 0.333. The average molecular weight is 275 g/mol. The van der Waals surface area contributed by atoms with Gasteiger partial charge in [0.25, 0.3) is 5.91 Å². The van der Waals surface area contributed by atoms with Crippen LogP contribution in [0.4, 0.5) is 0 Å². The van der Waals surface area contributed by atoms with Crippen molar-refractivity contribution in [3.05, 3.63) is 42.0 Å². The number of piperidine rings is 1. The van der Waals surface area contributed by atoms with Gasteiger partial charge in [-0.3, -0.25) is 4.79 Å². The van der Waals surface area contributed by atoms with Crippen LogP contribution in [0.1, 0.15) is 23.2 Å². The van der Waals surface area contributed by atoms with Crippen LogP contribution in [0.3, 0.4) is 0 Å². The van der Waals surface area contributed by atoms with E-state index in [2.05, 4.69) is 6.58 Å². The summed E-state index contributed by atoms with van der Waals surface area (Å²) in [6, 6.07) is 6.61. The van der Waals surface area contributed by atoms with Crippen LogP contribution in [0.25, 0.3) is 0 Å². The van der Waals surface area contributed by atoms with Gasteiger partial charge in [-0.15, -0.1) is 0 Å². The van der Waals surface area contributed by atoms with Crippen molar-refractivity contribution in [2.75, 3.05) is 19.7 Å². The van der Waals surface area contributed by atoms with Crippen molar-refractivity contribution in [2.45, 2.75) is 12.8 Å². The normalized spacial score (nSPS) is 15.0. The van der Waals surface area contributed by atoms with Crippen LogP contribution in [0.5, 0.6) is 5.75 Å². The molecule has 1 amide bonds. The SMILES string of the molecule is C=C1CCN(C(=O)c2cccc(OCC(=O)O)c2)CC1. The summed E-state index contributed by atoms with van der Waals surface area (Å²) in [6.07, 6.45) is 1.67. The van der Waals surface area contributed by atoms with Crippen LogP contribution in [0.15, 0.2) is 36.4 Å². The zero-order valence-electron chi connectivity index (χ0n) is 11.2. The molecule has 1 saturated heterocycles. The number of hydrogen-bond donors (Lipinski definition) is 1. The third kappa shape index (κ3) is 3.60. The number of carbonyl (C=O) groups excluding carboxylic acids is 1. The summed E-state index contributed by atoms with van der Waals surface area (Å²) in [5.74, 6) is -0.714. The van der Waals surface area contributed by atoms with Gasteiger partial charge in [-0.25, -0.2) is 4.79 Å². The highest BCUT2D eigenvalue weighted by molar-refractivity contribution is 5.94. The highest BCUT2D eigenvalue weighted by atomic mass is 16.5. The third-order valence-electron chi connectivity index (χ3n) is 3.20. The molecule has 2 rings (SSSR count). The van der Waals surface area contributed by atoms with E-state index in [9.17, 15) is 9.59 Å².